The van der Waals surface area contributed by atoms with E-state index < -0.39 is 0 Å². The van der Waals surface area contributed by atoms with E-state index in [1.54, 1.807) is 12.4 Å². The van der Waals surface area contributed by atoms with Crippen LogP contribution >= 0.6 is 0 Å². The van der Waals surface area contributed by atoms with Crippen molar-refractivity contribution in [2.45, 2.75) is 19.3 Å². The van der Waals surface area contributed by atoms with E-state index in [0.717, 1.165) is 31.0 Å². The van der Waals surface area contributed by atoms with Gasteiger partial charge in [0, 0.05) is 51.1 Å². The largest absolute Gasteiger partial charge is 0.357 e. The molecule has 0 spiro atoms. The fourth-order valence-corrected chi connectivity index (χ4v) is 2.61. The number of aryl methyl sites for hydroxylation is 1. The Morgan fingerprint density at radius 1 is 1.32 bits per heavy atom. The molecule has 0 atom stereocenters. The number of hydrogen-bond acceptors (Lipinski definition) is 5. The Labute approximate surface area is 129 Å². The second-order valence-electron chi connectivity index (χ2n) is 5.46. The molecule has 1 fully saturated rings. The van der Waals surface area contributed by atoms with Gasteiger partial charge in [-0.05, 0) is 12.8 Å². The van der Waals surface area contributed by atoms with E-state index in [-0.39, 0.29) is 5.91 Å². The van der Waals surface area contributed by atoms with Crippen LogP contribution in [0.25, 0.3) is 0 Å². The summed E-state index contributed by atoms with van der Waals surface area (Å²) in [6.45, 7) is 2.55. The van der Waals surface area contributed by atoms with Crippen molar-refractivity contribution in [2.24, 2.45) is 7.05 Å². The predicted molar refractivity (Wildman–Crippen MR) is 82.7 cm³/mol. The van der Waals surface area contributed by atoms with E-state index >= 15 is 0 Å². The van der Waals surface area contributed by atoms with Crippen LogP contribution in [0.5, 0.6) is 0 Å². The highest BCUT2D eigenvalue weighted by Gasteiger charge is 2.16. The summed E-state index contributed by atoms with van der Waals surface area (Å²) in [6.07, 6.45) is 8.12. The number of anilines is 1. The van der Waals surface area contributed by atoms with Crippen LogP contribution in [0.1, 0.15) is 29.0 Å². The number of nitrogens with zero attached hydrogens (tertiary/aromatic N) is 5. The van der Waals surface area contributed by atoms with E-state index in [9.17, 15) is 4.79 Å². The van der Waals surface area contributed by atoms with Crippen LogP contribution in [0.15, 0.2) is 24.9 Å². The maximum atomic E-state index is 12.2. The lowest BCUT2D eigenvalue weighted by atomic mass is 10.3. The SMILES string of the molecule is Cn1cncc1CCNC(=O)c1cc(N2CCCC2)ncn1. The standard InChI is InChI=1S/C15H20N6O/c1-20-11-16-9-12(20)4-5-17-15(22)13-8-14(19-10-18-13)21-6-2-3-7-21/h8-11H,2-7H2,1H3,(H,17,22). The van der Waals surface area contributed by atoms with E-state index in [2.05, 4.69) is 25.2 Å². The molecule has 0 bridgehead atoms. The Bertz CT molecular complexity index is 647. The van der Waals surface area contributed by atoms with Crippen LogP contribution in [0, 0.1) is 0 Å². The van der Waals surface area contributed by atoms with Crippen molar-refractivity contribution in [1.29, 1.82) is 0 Å². The monoisotopic (exact) mass is 300 g/mol. The molecule has 1 aliphatic heterocycles. The van der Waals surface area contributed by atoms with Crippen LogP contribution in [0.4, 0.5) is 5.82 Å². The Morgan fingerprint density at radius 2 is 2.14 bits per heavy atom. The predicted octanol–water partition coefficient (Wildman–Crippen LogP) is 0.783. The molecule has 22 heavy (non-hydrogen) atoms. The molecule has 0 aliphatic carbocycles. The topological polar surface area (TPSA) is 75.9 Å². The number of hydrogen-bond donors (Lipinski definition) is 1. The van der Waals surface area contributed by atoms with Gasteiger partial charge in [0.1, 0.15) is 17.8 Å². The highest BCUT2D eigenvalue weighted by molar-refractivity contribution is 5.92. The third-order valence-corrected chi connectivity index (χ3v) is 3.90. The lowest BCUT2D eigenvalue weighted by Gasteiger charge is -2.16. The molecule has 1 saturated heterocycles. The van der Waals surface area contributed by atoms with E-state index in [1.165, 1.54) is 19.2 Å². The van der Waals surface area contributed by atoms with E-state index in [0.29, 0.717) is 12.2 Å². The first-order valence-electron chi connectivity index (χ1n) is 7.54. The first-order chi connectivity index (χ1) is 10.7. The zero-order valence-electron chi connectivity index (χ0n) is 12.7. The summed E-state index contributed by atoms with van der Waals surface area (Å²) in [5.41, 5.74) is 1.50. The summed E-state index contributed by atoms with van der Waals surface area (Å²) in [6, 6.07) is 1.77. The van der Waals surface area contributed by atoms with Gasteiger partial charge < -0.3 is 14.8 Å². The molecule has 0 aromatic carbocycles. The average molecular weight is 300 g/mol. The summed E-state index contributed by atoms with van der Waals surface area (Å²) in [5.74, 6) is 0.675. The van der Waals surface area contributed by atoms with Crippen LogP contribution in [-0.2, 0) is 13.5 Å². The minimum absolute atomic E-state index is 0.162. The van der Waals surface area contributed by atoms with Gasteiger partial charge in [0.2, 0.25) is 0 Å². The Hall–Kier alpha value is -2.44. The highest BCUT2D eigenvalue weighted by atomic mass is 16.1. The second kappa shape index (κ2) is 6.55. The van der Waals surface area contributed by atoms with Gasteiger partial charge in [-0.15, -0.1) is 0 Å². The van der Waals surface area contributed by atoms with Crippen molar-refractivity contribution in [1.82, 2.24) is 24.8 Å². The maximum Gasteiger partial charge on any atom is 0.270 e. The molecule has 1 aliphatic rings. The highest BCUT2D eigenvalue weighted by Crippen LogP contribution is 2.17. The third kappa shape index (κ3) is 3.24. The zero-order valence-corrected chi connectivity index (χ0v) is 12.7. The van der Waals surface area contributed by atoms with Crippen LogP contribution in [-0.4, -0.2) is 45.1 Å². The van der Waals surface area contributed by atoms with Gasteiger partial charge in [-0.1, -0.05) is 0 Å². The van der Waals surface area contributed by atoms with Crippen molar-refractivity contribution >= 4 is 11.7 Å². The lowest BCUT2D eigenvalue weighted by Crippen LogP contribution is -2.28. The minimum atomic E-state index is -0.162. The maximum absolute atomic E-state index is 12.2. The Balaban J connectivity index is 1.57. The van der Waals surface area contributed by atoms with Crippen molar-refractivity contribution in [3.05, 3.63) is 36.3 Å². The van der Waals surface area contributed by atoms with Crippen LogP contribution < -0.4 is 10.2 Å². The third-order valence-electron chi connectivity index (χ3n) is 3.90. The molecule has 0 radical (unpaired) electrons. The van der Waals surface area contributed by atoms with Gasteiger partial charge in [0.05, 0.1) is 6.33 Å². The molecule has 7 heteroatoms. The van der Waals surface area contributed by atoms with Gasteiger partial charge in [-0.2, -0.15) is 0 Å². The number of imidazole rings is 1. The molecule has 3 heterocycles. The fraction of sp³-hybridized carbons (Fsp3) is 0.467. The van der Waals surface area contributed by atoms with Gasteiger partial charge in [0.15, 0.2) is 0 Å². The van der Waals surface area contributed by atoms with Crippen LogP contribution in [0.2, 0.25) is 0 Å². The average Bonchev–Trinajstić information content (AvgIpc) is 3.20. The quantitative estimate of drug-likeness (QED) is 0.883. The second-order valence-corrected chi connectivity index (χ2v) is 5.46. The van der Waals surface area contributed by atoms with Crippen molar-refractivity contribution in [3.8, 4) is 0 Å². The van der Waals surface area contributed by atoms with E-state index in [1.807, 2.05) is 17.8 Å². The summed E-state index contributed by atoms with van der Waals surface area (Å²) in [5, 5.41) is 2.89. The Kier molecular flexibility index (Phi) is 4.32. The Morgan fingerprint density at radius 3 is 2.86 bits per heavy atom. The number of carbonyl (C=O) groups excluding carboxylic acids is 1. The molecular weight excluding hydrogens is 280 g/mol. The number of rotatable bonds is 5. The first-order valence-corrected chi connectivity index (χ1v) is 7.54. The summed E-state index contributed by atoms with van der Waals surface area (Å²) in [7, 11) is 1.94. The van der Waals surface area contributed by atoms with Crippen molar-refractivity contribution in [3.63, 3.8) is 0 Å². The molecule has 3 rings (SSSR count). The number of aromatic nitrogens is 4. The number of carbonyl (C=O) groups is 1. The smallest absolute Gasteiger partial charge is 0.270 e. The summed E-state index contributed by atoms with van der Waals surface area (Å²) in [4.78, 5) is 26.8. The lowest BCUT2D eigenvalue weighted by molar-refractivity contribution is 0.0949. The molecule has 1 amide bonds. The molecule has 2 aromatic rings. The minimum Gasteiger partial charge on any atom is -0.357 e. The number of amides is 1. The normalized spacial score (nSPS) is 14.3. The number of nitrogens with one attached hydrogen (secondary N) is 1. The zero-order chi connectivity index (χ0) is 15.4. The molecule has 116 valence electrons. The van der Waals surface area contributed by atoms with Crippen molar-refractivity contribution < 1.29 is 4.79 Å². The van der Waals surface area contributed by atoms with Gasteiger partial charge in [-0.25, -0.2) is 15.0 Å². The van der Waals surface area contributed by atoms with Crippen LogP contribution in [0.3, 0.4) is 0 Å². The van der Waals surface area contributed by atoms with Crippen molar-refractivity contribution in [2.75, 3.05) is 24.5 Å². The molecule has 0 saturated carbocycles. The molecule has 1 N–H and O–H groups in total. The molecule has 7 nitrogen and oxygen atoms in total. The van der Waals surface area contributed by atoms with Gasteiger partial charge >= 0.3 is 0 Å². The molecule has 2 aromatic heterocycles. The fourth-order valence-electron chi connectivity index (χ4n) is 2.61. The summed E-state index contributed by atoms with van der Waals surface area (Å²) < 4.78 is 1.95. The first kappa shape index (κ1) is 14.5. The molecular formula is C15H20N6O. The molecule has 0 unspecified atom stereocenters. The van der Waals surface area contributed by atoms with E-state index in [4.69, 9.17) is 0 Å². The summed E-state index contributed by atoms with van der Waals surface area (Å²) >= 11 is 0. The van der Waals surface area contributed by atoms with Gasteiger partial charge in [0.25, 0.3) is 5.91 Å². The van der Waals surface area contributed by atoms with Gasteiger partial charge in [-0.3, -0.25) is 4.79 Å².